The van der Waals surface area contributed by atoms with Crippen LogP contribution < -0.4 is 4.74 Å². The van der Waals surface area contributed by atoms with E-state index in [4.69, 9.17) is 4.74 Å². The third-order valence-electron chi connectivity index (χ3n) is 2.34. The average molecular weight is 220 g/mol. The lowest BCUT2D eigenvalue weighted by molar-refractivity contribution is -0.105. The Bertz CT molecular complexity index is 406. The molecule has 3 nitrogen and oxygen atoms in total. The molecule has 3 heteroatoms. The van der Waals surface area contributed by atoms with E-state index in [1.165, 1.54) is 7.11 Å². The summed E-state index contributed by atoms with van der Waals surface area (Å²) in [6.45, 7) is 3.90. The van der Waals surface area contributed by atoms with E-state index >= 15 is 0 Å². The van der Waals surface area contributed by atoms with E-state index in [1.807, 2.05) is 13.8 Å². The molecule has 16 heavy (non-hydrogen) atoms. The molecule has 0 aliphatic heterocycles. The molecule has 0 saturated carbocycles. The van der Waals surface area contributed by atoms with Crippen molar-refractivity contribution in [1.82, 2.24) is 0 Å². The number of aromatic hydroxyl groups is 1. The highest BCUT2D eigenvalue weighted by Gasteiger charge is 2.04. The maximum absolute atomic E-state index is 10.8. The minimum atomic E-state index is 0.0743. The summed E-state index contributed by atoms with van der Waals surface area (Å²) in [7, 11) is 1.50. The van der Waals surface area contributed by atoms with Crippen molar-refractivity contribution in [3.05, 3.63) is 29.3 Å². The number of benzene rings is 1. The number of carbonyl (C=O) groups is 1. The van der Waals surface area contributed by atoms with Crippen LogP contribution in [0.4, 0.5) is 0 Å². The fourth-order valence-corrected chi connectivity index (χ4v) is 1.33. The van der Waals surface area contributed by atoms with Gasteiger partial charge in [-0.2, -0.15) is 0 Å². The van der Waals surface area contributed by atoms with Crippen LogP contribution in [0.25, 0.3) is 6.08 Å². The predicted octanol–water partition coefficient (Wildman–Crippen LogP) is 2.64. The molecule has 0 saturated heterocycles. The molecule has 0 bridgehead atoms. The van der Waals surface area contributed by atoms with E-state index in [9.17, 15) is 9.90 Å². The van der Waals surface area contributed by atoms with Gasteiger partial charge in [-0.3, -0.25) is 4.79 Å². The maximum Gasteiger partial charge on any atom is 0.160 e. The molecular weight excluding hydrogens is 204 g/mol. The van der Waals surface area contributed by atoms with E-state index in [1.54, 1.807) is 24.3 Å². The second-order valence-electron chi connectivity index (χ2n) is 3.85. The van der Waals surface area contributed by atoms with E-state index < -0.39 is 0 Å². The molecule has 1 N–H and O–H groups in total. The van der Waals surface area contributed by atoms with Gasteiger partial charge in [0.25, 0.3) is 0 Å². The average Bonchev–Trinajstić information content (AvgIpc) is 2.25. The molecule has 1 aromatic carbocycles. The first-order chi connectivity index (χ1) is 7.58. The normalized spacial score (nSPS) is 11.6. The smallest absolute Gasteiger partial charge is 0.160 e. The zero-order chi connectivity index (χ0) is 12.1. The number of allylic oxidation sites excluding steroid dienone is 1. The number of hydrogen-bond donors (Lipinski definition) is 1. The highest BCUT2D eigenvalue weighted by atomic mass is 16.5. The molecule has 0 radical (unpaired) electrons. The summed E-state index contributed by atoms with van der Waals surface area (Å²) in [4.78, 5) is 10.8. The Balaban J connectivity index is 3.06. The first kappa shape index (κ1) is 12.3. The van der Waals surface area contributed by atoms with Crippen molar-refractivity contribution < 1.29 is 14.6 Å². The van der Waals surface area contributed by atoms with Crippen LogP contribution in [-0.2, 0) is 4.79 Å². The fourth-order valence-electron chi connectivity index (χ4n) is 1.33. The van der Waals surface area contributed by atoms with Crippen molar-refractivity contribution in [1.29, 1.82) is 0 Å². The molecule has 0 spiro atoms. The molecule has 0 unspecified atom stereocenters. The molecule has 86 valence electrons. The number of rotatable bonds is 4. The number of ether oxygens (including phenoxy) is 1. The van der Waals surface area contributed by atoms with Crippen molar-refractivity contribution >= 4 is 12.4 Å². The highest BCUT2D eigenvalue weighted by Crippen LogP contribution is 2.27. The summed E-state index contributed by atoms with van der Waals surface area (Å²) in [5.41, 5.74) is 1.48. The highest BCUT2D eigenvalue weighted by molar-refractivity contribution is 5.82. The largest absolute Gasteiger partial charge is 0.504 e. The zero-order valence-corrected chi connectivity index (χ0v) is 9.73. The Morgan fingerprint density at radius 1 is 1.44 bits per heavy atom. The molecule has 0 aliphatic carbocycles. The van der Waals surface area contributed by atoms with Gasteiger partial charge in [0.2, 0.25) is 0 Å². The maximum atomic E-state index is 10.8. The topological polar surface area (TPSA) is 46.5 Å². The van der Waals surface area contributed by atoms with Crippen LogP contribution in [0.3, 0.4) is 0 Å². The van der Waals surface area contributed by atoms with Crippen molar-refractivity contribution in [3.63, 3.8) is 0 Å². The molecule has 0 atom stereocenters. The van der Waals surface area contributed by atoms with Gasteiger partial charge in [-0.25, -0.2) is 0 Å². The lowest BCUT2D eigenvalue weighted by Crippen LogP contribution is -1.94. The second-order valence-corrected chi connectivity index (χ2v) is 3.85. The molecule has 1 aromatic rings. The van der Waals surface area contributed by atoms with Gasteiger partial charge in [0.15, 0.2) is 11.5 Å². The molecule has 0 aromatic heterocycles. The van der Waals surface area contributed by atoms with Gasteiger partial charge < -0.3 is 9.84 Å². The predicted molar refractivity (Wildman–Crippen MR) is 63.5 cm³/mol. The SMILES string of the molecule is COc1ccc(/C=C(/C=O)C(C)C)cc1O. The van der Waals surface area contributed by atoms with Crippen LogP contribution in [0.1, 0.15) is 19.4 Å². The van der Waals surface area contributed by atoms with E-state index in [0.29, 0.717) is 11.3 Å². The Labute approximate surface area is 95.4 Å². The zero-order valence-electron chi connectivity index (χ0n) is 9.73. The lowest BCUT2D eigenvalue weighted by Gasteiger charge is -2.06. The standard InChI is InChI=1S/C13H16O3/c1-9(2)11(8-14)6-10-4-5-13(16-3)12(15)7-10/h4-9,15H,1-3H3/b11-6-. The van der Waals surface area contributed by atoms with Gasteiger partial charge in [-0.1, -0.05) is 19.9 Å². The van der Waals surface area contributed by atoms with Crippen LogP contribution in [0.5, 0.6) is 11.5 Å². The Morgan fingerprint density at radius 2 is 2.12 bits per heavy atom. The van der Waals surface area contributed by atoms with Gasteiger partial charge in [-0.15, -0.1) is 0 Å². The third kappa shape index (κ3) is 2.86. The number of phenolic OH excluding ortho intramolecular Hbond substituents is 1. The van der Waals surface area contributed by atoms with Gasteiger partial charge >= 0.3 is 0 Å². The number of carbonyl (C=O) groups excluding carboxylic acids is 1. The summed E-state index contributed by atoms with van der Waals surface area (Å²) < 4.78 is 4.94. The summed E-state index contributed by atoms with van der Waals surface area (Å²) >= 11 is 0. The van der Waals surface area contributed by atoms with Crippen molar-refractivity contribution in [2.24, 2.45) is 5.92 Å². The minimum Gasteiger partial charge on any atom is -0.504 e. The summed E-state index contributed by atoms with van der Waals surface area (Å²) in [5.74, 6) is 0.668. The van der Waals surface area contributed by atoms with Gasteiger partial charge in [0, 0.05) is 0 Å². The van der Waals surface area contributed by atoms with E-state index in [2.05, 4.69) is 0 Å². The number of aldehydes is 1. The minimum absolute atomic E-state index is 0.0743. The van der Waals surface area contributed by atoms with Gasteiger partial charge in [0.1, 0.15) is 6.29 Å². The van der Waals surface area contributed by atoms with Gasteiger partial charge in [0.05, 0.1) is 7.11 Å². The molecule has 0 aliphatic rings. The van der Waals surface area contributed by atoms with Crippen LogP contribution in [0.2, 0.25) is 0 Å². The van der Waals surface area contributed by atoms with E-state index in [-0.39, 0.29) is 11.7 Å². The summed E-state index contributed by atoms with van der Waals surface area (Å²) in [5, 5.41) is 9.57. The summed E-state index contributed by atoms with van der Waals surface area (Å²) in [6.07, 6.45) is 2.60. The van der Waals surface area contributed by atoms with Crippen LogP contribution in [-0.4, -0.2) is 18.5 Å². The van der Waals surface area contributed by atoms with Crippen molar-refractivity contribution in [2.45, 2.75) is 13.8 Å². The third-order valence-corrected chi connectivity index (χ3v) is 2.34. The molecular formula is C13H16O3. The quantitative estimate of drug-likeness (QED) is 0.626. The Morgan fingerprint density at radius 3 is 2.56 bits per heavy atom. The fraction of sp³-hybridized carbons (Fsp3) is 0.308. The number of hydrogen-bond acceptors (Lipinski definition) is 3. The number of methoxy groups -OCH3 is 1. The van der Waals surface area contributed by atoms with Crippen LogP contribution >= 0.6 is 0 Å². The molecule has 1 rings (SSSR count). The second kappa shape index (κ2) is 5.35. The first-order valence-corrected chi connectivity index (χ1v) is 5.12. The van der Waals surface area contributed by atoms with Crippen LogP contribution in [0.15, 0.2) is 23.8 Å². The molecule has 0 heterocycles. The Hall–Kier alpha value is -1.77. The van der Waals surface area contributed by atoms with E-state index in [0.717, 1.165) is 11.8 Å². The van der Waals surface area contributed by atoms with Crippen molar-refractivity contribution in [2.75, 3.05) is 7.11 Å². The van der Waals surface area contributed by atoms with Crippen LogP contribution in [0, 0.1) is 5.92 Å². The summed E-state index contributed by atoms with van der Waals surface area (Å²) in [6, 6.07) is 5.04. The lowest BCUT2D eigenvalue weighted by atomic mass is 10.0. The Kier molecular flexibility index (Phi) is 4.11. The number of phenols is 1. The monoisotopic (exact) mass is 220 g/mol. The van der Waals surface area contributed by atoms with Crippen molar-refractivity contribution in [3.8, 4) is 11.5 Å². The van der Waals surface area contributed by atoms with Gasteiger partial charge in [-0.05, 0) is 35.3 Å². The first-order valence-electron chi connectivity index (χ1n) is 5.12. The molecule has 0 fully saturated rings. The molecule has 0 amide bonds.